The van der Waals surface area contributed by atoms with E-state index in [-0.39, 0.29) is 11.6 Å². The summed E-state index contributed by atoms with van der Waals surface area (Å²) in [5.74, 6) is 0.189. The van der Waals surface area contributed by atoms with Crippen molar-refractivity contribution in [1.82, 2.24) is 0 Å². The summed E-state index contributed by atoms with van der Waals surface area (Å²) < 4.78 is 0. The van der Waals surface area contributed by atoms with Gasteiger partial charge in [-0.3, -0.25) is 10.2 Å². The SMILES string of the molecule is N=C(N)c1ccc(CCC(=O)c2ccccc2-c2ccccc2)cc1. The fourth-order valence-corrected chi connectivity index (χ4v) is 2.84. The first kappa shape index (κ1) is 16.7. The molecule has 0 radical (unpaired) electrons. The molecule has 0 aliphatic heterocycles. The number of amidine groups is 1. The van der Waals surface area contributed by atoms with Crippen molar-refractivity contribution in [2.45, 2.75) is 12.8 Å². The van der Waals surface area contributed by atoms with Crippen LogP contribution in [0.25, 0.3) is 11.1 Å². The number of nitrogen functional groups attached to an aromatic ring is 1. The lowest BCUT2D eigenvalue weighted by molar-refractivity contribution is 0.0983. The minimum absolute atomic E-state index is 0.0550. The van der Waals surface area contributed by atoms with Crippen LogP contribution in [0.5, 0.6) is 0 Å². The van der Waals surface area contributed by atoms with Gasteiger partial charge in [-0.1, -0.05) is 78.9 Å². The molecule has 0 aliphatic rings. The van der Waals surface area contributed by atoms with E-state index < -0.39 is 0 Å². The molecular formula is C22H20N2O. The van der Waals surface area contributed by atoms with Gasteiger partial charge in [0, 0.05) is 17.5 Å². The fraction of sp³-hybridized carbons (Fsp3) is 0.0909. The van der Waals surface area contributed by atoms with E-state index in [9.17, 15) is 4.79 Å². The molecule has 0 spiro atoms. The van der Waals surface area contributed by atoms with Crippen molar-refractivity contribution >= 4 is 11.6 Å². The zero-order chi connectivity index (χ0) is 17.6. The minimum Gasteiger partial charge on any atom is -0.384 e. The lowest BCUT2D eigenvalue weighted by atomic mass is 9.94. The van der Waals surface area contributed by atoms with E-state index in [1.807, 2.05) is 78.9 Å². The average Bonchev–Trinajstić information content (AvgIpc) is 2.67. The third kappa shape index (κ3) is 4.01. The minimum atomic E-state index is 0.0550. The van der Waals surface area contributed by atoms with E-state index in [2.05, 4.69) is 0 Å². The third-order valence-corrected chi connectivity index (χ3v) is 4.22. The van der Waals surface area contributed by atoms with Crippen LogP contribution in [-0.4, -0.2) is 11.6 Å². The molecule has 0 aromatic heterocycles. The van der Waals surface area contributed by atoms with Gasteiger partial charge in [0.15, 0.2) is 5.78 Å². The fourth-order valence-electron chi connectivity index (χ4n) is 2.84. The average molecular weight is 328 g/mol. The summed E-state index contributed by atoms with van der Waals surface area (Å²) >= 11 is 0. The molecular weight excluding hydrogens is 308 g/mol. The Morgan fingerprint density at radius 2 is 1.48 bits per heavy atom. The number of ketones is 1. The predicted molar refractivity (Wildman–Crippen MR) is 102 cm³/mol. The second-order valence-electron chi connectivity index (χ2n) is 5.95. The van der Waals surface area contributed by atoms with Crippen LogP contribution in [0.3, 0.4) is 0 Å². The standard InChI is InChI=1S/C22H20N2O/c23-22(24)18-13-10-16(11-14-18)12-15-21(25)20-9-5-4-8-19(20)17-6-2-1-3-7-17/h1-11,13-14H,12,15H2,(H3,23,24). The number of nitrogens with one attached hydrogen (secondary N) is 1. The summed E-state index contributed by atoms with van der Waals surface area (Å²) in [6.07, 6.45) is 1.11. The highest BCUT2D eigenvalue weighted by Crippen LogP contribution is 2.24. The first-order valence-electron chi connectivity index (χ1n) is 8.26. The molecule has 3 heteroatoms. The van der Waals surface area contributed by atoms with Crippen LogP contribution in [0, 0.1) is 5.41 Å². The van der Waals surface area contributed by atoms with Crippen LogP contribution >= 0.6 is 0 Å². The number of nitrogens with two attached hydrogens (primary N) is 1. The molecule has 0 saturated carbocycles. The van der Waals surface area contributed by atoms with Crippen LogP contribution in [-0.2, 0) is 6.42 Å². The van der Waals surface area contributed by atoms with Crippen molar-refractivity contribution in [2.75, 3.05) is 0 Å². The molecule has 3 rings (SSSR count). The van der Waals surface area contributed by atoms with E-state index in [1.165, 1.54) is 0 Å². The quantitative estimate of drug-likeness (QED) is 0.399. The van der Waals surface area contributed by atoms with Crippen LogP contribution in [0.1, 0.15) is 27.9 Å². The van der Waals surface area contributed by atoms with Crippen molar-refractivity contribution in [2.24, 2.45) is 5.73 Å². The summed E-state index contributed by atoms with van der Waals surface area (Å²) in [6, 6.07) is 25.2. The van der Waals surface area contributed by atoms with Gasteiger partial charge in [-0.15, -0.1) is 0 Å². The van der Waals surface area contributed by atoms with Gasteiger partial charge in [0.05, 0.1) is 0 Å². The topological polar surface area (TPSA) is 66.9 Å². The second-order valence-corrected chi connectivity index (χ2v) is 5.95. The van der Waals surface area contributed by atoms with Gasteiger partial charge in [0.2, 0.25) is 0 Å². The number of hydrogen-bond acceptors (Lipinski definition) is 2. The number of rotatable bonds is 6. The predicted octanol–water partition coefficient (Wildman–Crippen LogP) is 4.45. The Balaban J connectivity index is 1.75. The summed E-state index contributed by atoms with van der Waals surface area (Å²) in [5.41, 5.74) is 10.0. The second kappa shape index (κ2) is 7.58. The number of carbonyl (C=O) groups is 1. The van der Waals surface area contributed by atoms with E-state index in [0.717, 1.165) is 22.3 Å². The summed E-state index contributed by atoms with van der Waals surface area (Å²) in [5, 5.41) is 7.42. The van der Waals surface area contributed by atoms with Crippen LogP contribution in [0.15, 0.2) is 78.9 Å². The van der Waals surface area contributed by atoms with E-state index >= 15 is 0 Å². The number of aryl methyl sites for hydroxylation is 1. The molecule has 124 valence electrons. The maximum absolute atomic E-state index is 12.7. The molecule has 0 fully saturated rings. The first-order chi connectivity index (χ1) is 12.1. The van der Waals surface area contributed by atoms with Crippen LogP contribution in [0.4, 0.5) is 0 Å². The van der Waals surface area contributed by atoms with Gasteiger partial charge in [-0.25, -0.2) is 0 Å². The van der Waals surface area contributed by atoms with Crippen molar-refractivity contribution < 1.29 is 4.79 Å². The zero-order valence-electron chi connectivity index (χ0n) is 13.9. The van der Waals surface area contributed by atoms with Gasteiger partial charge in [-0.2, -0.15) is 0 Å². The van der Waals surface area contributed by atoms with Gasteiger partial charge in [0.25, 0.3) is 0 Å². The number of Topliss-reactive ketones (excluding diaryl/α,β-unsaturated/α-hetero) is 1. The Kier molecular flexibility index (Phi) is 5.05. The Bertz CT molecular complexity index is 883. The first-order valence-corrected chi connectivity index (χ1v) is 8.26. The Hall–Kier alpha value is -3.20. The number of benzene rings is 3. The highest BCUT2D eigenvalue weighted by molar-refractivity contribution is 6.02. The van der Waals surface area contributed by atoms with Gasteiger partial charge in [-0.05, 0) is 23.1 Å². The number of hydrogen-bond donors (Lipinski definition) is 2. The van der Waals surface area contributed by atoms with E-state index in [4.69, 9.17) is 11.1 Å². The molecule has 0 bridgehead atoms. The maximum Gasteiger partial charge on any atom is 0.163 e. The molecule has 0 amide bonds. The molecule has 3 aromatic carbocycles. The highest BCUT2D eigenvalue weighted by atomic mass is 16.1. The molecule has 0 atom stereocenters. The molecule has 3 aromatic rings. The summed E-state index contributed by atoms with van der Waals surface area (Å²) in [4.78, 5) is 12.7. The monoisotopic (exact) mass is 328 g/mol. The molecule has 0 heterocycles. The Labute approximate surface area is 147 Å². The third-order valence-electron chi connectivity index (χ3n) is 4.22. The van der Waals surface area contributed by atoms with Crippen molar-refractivity contribution in [3.05, 3.63) is 95.6 Å². The van der Waals surface area contributed by atoms with Crippen LogP contribution in [0.2, 0.25) is 0 Å². The summed E-state index contributed by atoms with van der Waals surface area (Å²) in [6.45, 7) is 0. The number of carbonyl (C=O) groups excluding carboxylic acids is 1. The smallest absolute Gasteiger partial charge is 0.163 e. The zero-order valence-corrected chi connectivity index (χ0v) is 13.9. The maximum atomic E-state index is 12.7. The van der Waals surface area contributed by atoms with Crippen molar-refractivity contribution in [3.8, 4) is 11.1 Å². The summed E-state index contributed by atoms with van der Waals surface area (Å²) in [7, 11) is 0. The van der Waals surface area contributed by atoms with Crippen LogP contribution < -0.4 is 5.73 Å². The van der Waals surface area contributed by atoms with Gasteiger partial charge >= 0.3 is 0 Å². The van der Waals surface area contributed by atoms with Crippen molar-refractivity contribution in [1.29, 1.82) is 5.41 Å². The molecule has 0 saturated heterocycles. The lowest BCUT2D eigenvalue weighted by Crippen LogP contribution is -2.10. The molecule has 0 unspecified atom stereocenters. The molecule has 0 aliphatic carbocycles. The van der Waals surface area contributed by atoms with E-state index in [1.54, 1.807) is 0 Å². The Morgan fingerprint density at radius 1 is 0.840 bits per heavy atom. The van der Waals surface area contributed by atoms with Gasteiger partial charge in [0.1, 0.15) is 5.84 Å². The largest absolute Gasteiger partial charge is 0.384 e. The molecule has 3 nitrogen and oxygen atoms in total. The van der Waals surface area contributed by atoms with Gasteiger partial charge < -0.3 is 5.73 Å². The van der Waals surface area contributed by atoms with E-state index in [0.29, 0.717) is 18.4 Å². The highest BCUT2D eigenvalue weighted by Gasteiger charge is 2.12. The van der Waals surface area contributed by atoms with Crippen molar-refractivity contribution in [3.63, 3.8) is 0 Å². The molecule has 25 heavy (non-hydrogen) atoms. The Morgan fingerprint density at radius 3 is 2.16 bits per heavy atom. The molecule has 3 N–H and O–H groups in total. The normalized spacial score (nSPS) is 10.4. The lowest BCUT2D eigenvalue weighted by Gasteiger charge is -2.09.